The number of hydrogen-bond acceptors (Lipinski definition) is 11. The maximum Gasteiger partial charge on any atom is 1.00 e. The van der Waals surface area contributed by atoms with Crippen molar-refractivity contribution < 1.29 is 91.5 Å². The van der Waals surface area contributed by atoms with Crippen molar-refractivity contribution in [1.29, 1.82) is 0 Å². The molecule has 17 nitrogen and oxygen atoms in total. The van der Waals surface area contributed by atoms with Gasteiger partial charge in [0, 0.05) is 37.3 Å². The number of carbonyl (C=O) groups is 8. The van der Waals surface area contributed by atoms with Gasteiger partial charge in [-0.25, -0.2) is 9.59 Å². The van der Waals surface area contributed by atoms with Crippen LogP contribution in [0.15, 0.2) is 48.6 Å². The standard InChI is InChI=1S/C21H38N2O6Si2.C20H36N2O7Si2.4CH4.Na/c1-16(18(3)24)14-19(25)22-10-8-12-30(4,5)29-31(6,7)13-9-11-23-20(26)15-17(2)21(27)28;1-15(19(25)26)13-17(23)21-9-7-11-30(3,4)29-31(5,6)12-8-10-22-18(24)14-16(2)20(27)28;;;;;/h1-2,8-15H2,3-7H3,(H,22,25)(H,23,26)(H,27,28);1-2,7-14H2,3-6H3,(H,21,23)(H,22,24)(H,25,26)(H,27,28);4*1H4;/q;;;;;;+1/p-1. The van der Waals surface area contributed by atoms with E-state index in [0.29, 0.717) is 31.8 Å². The molecule has 0 heterocycles. The number of carboxylic acids is 3. The molecule has 0 aromatic carbocycles. The summed E-state index contributed by atoms with van der Waals surface area (Å²) >= 11 is 0. The molecule has 0 rings (SSSR count). The zero-order valence-corrected chi connectivity index (χ0v) is 45.5. The molecule has 0 saturated heterocycles. The van der Waals surface area contributed by atoms with E-state index in [1.165, 1.54) is 6.92 Å². The Labute approximate surface area is 430 Å². The van der Waals surface area contributed by atoms with Gasteiger partial charge in [-0.05, 0) is 120 Å². The zero-order valence-electron chi connectivity index (χ0n) is 39.5. The molecule has 0 saturated carbocycles. The van der Waals surface area contributed by atoms with Gasteiger partial charge in [0.05, 0.1) is 31.7 Å². The van der Waals surface area contributed by atoms with Crippen LogP contribution in [0.4, 0.5) is 0 Å². The van der Waals surface area contributed by atoms with Gasteiger partial charge < -0.3 is 49.6 Å². The van der Waals surface area contributed by atoms with Crippen molar-refractivity contribution in [2.75, 3.05) is 26.2 Å². The molecular formula is C45H89N4NaO13Si4. The fraction of sp³-hybridized carbons (Fsp3) is 0.644. The van der Waals surface area contributed by atoms with E-state index in [1.54, 1.807) is 0 Å². The number of carboxylic acid groups (broad SMARTS) is 3. The van der Waals surface area contributed by atoms with Crippen molar-refractivity contribution in [3.05, 3.63) is 48.6 Å². The summed E-state index contributed by atoms with van der Waals surface area (Å²) in [6.07, 6.45) is 2.39. The summed E-state index contributed by atoms with van der Waals surface area (Å²) in [5, 5.41) is 39.0. The molecule has 0 bridgehead atoms. The number of carbonyl (C=O) groups excluding carboxylic acids is 6. The number of rotatable bonds is 32. The van der Waals surface area contributed by atoms with Gasteiger partial charge in [-0.3, -0.25) is 24.0 Å². The Morgan fingerprint density at radius 2 is 0.657 bits per heavy atom. The number of ketones is 1. The molecule has 67 heavy (non-hydrogen) atoms. The molecule has 0 fully saturated rings. The van der Waals surface area contributed by atoms with E-state index in [9.17, 15) is 43.5 Å². The van der Waals surface area contributed by atoms with Gasteiger partial charge in [0.25, 0.3) is 0 Å². The van der Waals surface area contributed by atoms with E-state index >= 15 is 0 Å². The largest absolute Gasteiger partial charge is 1.00 e. The molecular weight excluding hydrogens is 940 g/mol. The molecule has 22 heteroatoms. The van der Waals surface area contributed by atoms with Crippen molar-refractivity contribution in [3.63, 3.8) is 0 Å². The molecule has 4 amide bonds. The van der Waals surface area contributed by atoms with Crippen molar-refractivity contribution in [1.82, 2.24) is 21.3 Å². The fourth-order valence-corrected chi connectivity index (χ4v) is 23.8. The van der Waals surface area contributed by atoms with Crippen LogP contribution in [0.1, 0.15) is 88.0 Å². The first-order valence-corrected chi connectivity index (χ1v) is 33.1. The Morgan fingerprint density at radius 3 is 0.851 bits per heavy atom. The summed E-state index contributed by atoms with van der Waals surface area (Å²) < 4.78 is 13.0. The quantitative estimate of drug-likeness (QED) is 0.0320. The van der Waals surface area contributed by atoms with Crippen molar-refractivity contribution in [2.45, 2.75) is 165 Å². The smallest absolute Gasteiger partial charge is 0.545 e. The minimum absolute atomic E-state index is 0. The molecule has 0 atom stereocenters. The van der Waals surface area contributed by atoms with Gasteiger partial charge in [0.1, 0.15) is 0 Å². The number of nitrogens with one attached hydrogen (secondary N) is 4. The second kappa shape index (κ2) is 38.5. The maximum absolute atomic E-state index is 11.8. The van der Waals surface area contributed by atoms with Crippen molar-refractivity contribution in [3.8, 4) is 0 Å². The van der Waals surface area contributed by atoms with Crippen LogP contribution in [0.5, 0.6) is 0 Å². The van der Waals surface area contributed by atoms with E-state index in [-0.39, 0.29) is 131 Å². The molecule has 0 spiro atoms. The maximum atomic E-state index is 11.8. The van der Waals surface area contributed by atoms with E-state index in [0.717, 1.165) is 49.9 Å². The van der Waals surface area contributed by atoms with Crippen LogP contribution >= 0.6 is 0 Å². The van der Waals surface area contributed by atoms with Crippen LogP contribution in [0.2, 0.25) is 76.6 Å². The Balaban J connectivity index is -0.000000200. The molecule has 384 valence electrons. The normalized spacial score (nSPS) is 10.6. The summed E-state index contributed by atoms with van der Waals surface area (Å²) in [6.45, 7) is 34.0. The number of hydrogen-bond donors (Lipinski definition) is 6. The molecule has 0 aliphatic heterocycles. The van der Waals surface area contributed by atoms with Crippen molar-refractivity contribution in [2.24, 2.45) is 0 Å². The zero-order chi connectivity index (χ0) is 48.5. The van der Waals surface area contributed by atoms with Crippen LogP contribution in [0, 0.1) is 0 Å². The Kier molecular flexibility index (Phi) is 44.8. The topological polar surface area (TPSA) is 267 Å². The van der Waals surface area contributed by atoms with E-state index in [1.807, 2.05) is 0 Å². The molecule has 0 radical (unpaired) electrons. The van der Waals surface area contributed by atoms with Crippen molar-refractivity contribution >= 4 is 80.6 Å². The summed E-state index contributed by atoms with van der Waals surface area (Å²) in [5.74, 6) is -5.20. The third kappa shape index (κ3) is 43.7. The molecule has 0 aliphatic rings. The third-order valence-electron chi connectivity index (χ3n) is 9.10. The first kappa shape index (κ1) is 77.9. The van der Waals surface area contributed by atoms with Gasteiger partial charge in [-0.2, -0.15) is 0 Å². The fourth-order valence-electron chi connectivity index (χ4n) is 6.04. The predicted octanol–water partition coefficient (Wildman–Crippen LogP) is 3.69. The number of Topliss-reactive ketones (excluding diaryl/α,β-unsaturated/α-hetero) is 1. The summed E-state index contributed by atoms with van der Waals surface area (Å²) in [7, 11) is -7.72. The van der Waals surface area contributed by atoms with Crippen LogP contribution in [0.25, 0.3) is 0 Å². The minimum atomic E-state index is -1.94. The van der Waals surface area contributed by atoms with E-state index in [2.05, 4.69) is 100.0 Å². The molecule has 0 unspecified atom stereocenters. The van der Waals surface area contributed by atoms with Crippen LogP contribution < -0.4 is 55.9 Å². The molecule has 0 aromatic rings. The van der Waals surface area contributed by atoms with Crippen LogP contribution in [0.3, 0.4) is 0 Å². The first-order valence-electron chi connectivity index (χ1n) is 20.7. The Hall–Kier alpha value is -3.29. The van der Waals surface area contributed by atoms with Gasteiger partial charge in [-0.15, -0.1) is 0 Å². The third-order valence-corrected chi connectivity index (χ3v) is 24.2. The predicted molar refractivity (Wildman–Crippen MR) is 275 cm³/mol. The summed E-state index contributed by atoms with van der Waals surface area (Å²) in [5.41, 5.74) is -0.191. The Bertz CT molecular complexity index is 1420. The molecule has 0 aromatic heterocycles. The number of amides is 4. The summed E-state index contributed by atoms with van der Waals surface area (Å²) in [6, 6.07) is 3.49. The van der Waals surface area contributed by atoms with E-state index in [4.69, 9.17) is 18.4 Å². The molecule has 6 N–H and O–H groups in total. The monoisotopic (exact) mass is 1030 g/mol. The SMILES string of the molecule is C.C.C.C.C=C(CC(=O)NCCC[Si](C)(C)O[Si](C)(C)CCCNC(=O)CC(=C)C(=O)O)C(=O)O.C=C(CC(=O)NCCC[Si](C)(C)O[Si](C)(C)CCCNC(=O)CC(=C)C(=O)[O-])C(C)=O.[Na+]. The van der Waals surface area contributed by atoms with Gasteiger partial charge in [0.15, 0.2) is 39.1 Å². The first-order chi connectivity index (χ1) is 28.3. The second-order valence-corrected chi connectivity index (χ2v) is 35.3. The minimum Gasteiger partial charge on any atom is -0.545 e. The van der Waals surface area contributed by atoms with E-state index < -0.39 is 51.2 Å². The van der Waals surface area contributed by atoms with Gasteiger partial charge >= 0.3 is 41.5 Å². The van der Waals surface area contributed by atoms with Gasteiger partial charge in [0.2, 0.25) is 23.6 Å². The Morgan fingerprint density at radius 1 is 0.448 bits per heavy atom. The number of aliphatic carboxylic acids is 3. The molecule has 0 aliphatic carbocycles. The average Bonchev–Trinajstić information content (AvgIpc) is 3.11. The van der Waals surface area contributed by atoms with Crippen LogP contribution in [-0.4, -0.2) is 117 Å². The van der Waals surface area contributed by atoms with Crippen LogP contribution in [-0.2, 0) is 46.6 Å². The second-order valence-electron chi connectivity index (χ2n) is 17.6. The summed E-state index contributed by atoms with van der Waals surface area (Å²) in [4.78, 5) is 89.9. The average molecular weight is 1030 g/mol. The van der Waals surface area contributed by atoms with Gasteiger partial charge in [-0.1, -0.05) is 56.0 Å².